The third kappa shape index (κ3) is 3.32. The van der Waals surface area contributed by atoms with Gasteiger partial charge in [0.25, 0.3) is 0 Å². The number of aryl methyl sites for hydroxylation is 1. The Bertz CT molecular complexity index is 424. The molecule has 0 amide bonds. The lowest BCUT2D eigenvalue weighted by Gasteiger charge is -2.45. The van der Waals surface area contributed by atoms with Gasteiger partial charge in [0, 0.05) is 30.9 Å². The van der Waals surface area contributed by atoms with E-state index < -0.39 is 0 Å². The first-order valence-electron chi connectivity index (χ1n) is 7.01. The summed E-state index contributed by atoms with van der Waals surface area (Å²) < 4.78 is 5.66. The van der Waals surface area contributed by atoms with Crippen LogP contribution in [0.1, 0.15) is 31.2 Å². The van der Waals surface area contributed by atoms with Crippen LogP contribution in [0.5, 0.6) is 0 Å². The highest BCUT2D eigenvalue weighted by Crippen LogP contribution is 2.30. The van der Waals surface area contributed by atoms with Crippen molar-refractivity contribution in [1.29, 1.82) is 0 Å². The lowest BCUT2D eigenvalue weighted by molar-refractivity contribution is -0.0586. The Morgan fingerprint density at radius 3 is 2.95 bits per heavy atom. The Morgan fingerprint density at radius 2 is 2.32 bits per heavy atom. The van der Waals surface area contributed by atoms with E-state index in [1.54, 1.807) is 0 Å². The van der Waals surface area contributed by atoms with E-state index in [4.69, 9.17) is 10.5 Å². The molecule has 0 aliphatic carbocycles. The predicted octanol–water partition coefficient (Wildman–Crippen LogP) is 1.72. The number of hydrogen-bond donors (Lipinski definition) is 1. The van der Waals surface area contributed by atoms with Crippen molar-refractivity contribution >= 4 is 0 Å². The Labute approximate surface area is 116 Å². The van der Waals surface area contributed by atoms with Crippen molar-refractivity contribution in [2.24, 2.45) is 5.73 Å². The smallest absolute Gasteiger partial charge is 0.0565 e. The molecule has 1 aliphatic rings. The first kappa shape index (κ1) is 14.4. The van der Waals surface area contributed by atoms with E-state index in [2.05, 4.69) is 36.0 Å². The molecule has 4 nitrogen and oxygen atoms in total. The molecule has 2 heterocycles. The Kier molecular flexibility index (Phi) is 4.55. The largest absolute Gasteiger partial charge is 0.378 e. The van der Waals surface area contributed by atoms with E-state index in [9.17, 15) is 0 Å². The Morgan fingerprint density at radius 1 is 1.53 bits per heavy atom. The number of aromatic nitrogens is 1. The summed E-state index contributed by atoms with van der Waals surface area (Å²) in [6.45, 7) is 6.46. The third-order valence-corrected chi connectivity index (χ3v) is 4.17. The monoisotopic (exact) mass is 263 g/mol. The van der Waals surface area contributed by atoms with Crippen molar-refractivity contribution in [2.75, 3.05) is 20.2 Å². The van der Waals surface area contributed by atoms with Crippen molar-refractivity contribution in [3.8, 4) is 0 Å². The molecule has 1 aromatic rings. The Hall–Kier alpha value is -0.970. The first-order chi connectivity index (χ1) is 9.05. The second-order valence-electron chi connectivity index (χ2n) is 5.69. The van der Waals surface area contributed by atoms with E-state index in [-0.39, 0.29) is 11.6 Å². The van der Waals surface area contributed by atoms with Crippen molar-refractivity contribution in [3.63, 3.8) is 0 Å². The fourth-order valence-corrected chi connectivity index (χ4v) is 2.93. The maximum absolute atomic E-state index is 6.07. The molecular weight excluding hydrogens is 238 g/mol. The second-order valence-corrected chi connectivity index (χ2v) is 5.69. The van der Waals surface area contributed by atoms with Gasteiger partial charge in [0.05, 0.1) is 11.8 Å². The fraction of sp³-hybridized carbons (Fsp3) is 0.667. The second kappa shape index (κ2) is 5.99. The van der Waals surface area contributed by atoms with Gasteiger partial charge in [-0.3, -0.25) is 9.88 Å². The highest BCUT2D eigenvalue weighted by Gasteiger charge is 2.37. The van der Waals surface area contributed by atoms with Crippen LogP contribution in [-0.4, -0.2) is 41.7 Å². The zero-order valence-electron chi connectivity index (χ0n) is 12.2. The normalized spacial score (nSPS) is 27.7. The number of hydrogen-bond acceptors (Lipinski definition) is 4. The van der Waals surface area contributed by atoms with Crippen LogP contribution < -0.4 is 5.73 Å². The average Bonchev–Trinajstić information content (AvgIpc) is 2.38. The van der Waals surface area contributed by atoms with Crippen molar-refractivity contribution in [2.45, 2.75) is 44.9 Å². The van der Waals surface area contributed by atoms with Gasteiger partial charge in [-0.1, -0.05) is 6.07 Å². The van der Waals surface area contributed by atoms with Gasteiger partial charge >= 0.3 is 0 Å². The lowest BCUT2D eigenvalue weighted by atomic mass is 9.85. The van der Waals surface area contributed by atoms with Crippen molar-refractivity contribution < 1.29 is 4.74 Å². The zero-order valence-corrected chi connectivity index (χ0v) is 12.2. The van der Waals surface area contributed by atoms with E-state index in [0.29, 0.717) is 6.54 Å². The molecule has 2 unspecified atom stereocenters. The van der Waals surface area contributed by atoms with Gasteiger partial charge < -0.3 is 10.5 Å². The molecule has 0 bridgehead atoms. The van der Waals surface area contributed by atoms with E-state index in [1.165, 1.54) is 0 Å². The molecule has 1 aliphatic heterocycles. The maximum Gasteiger partial charge on any atom is 0.0565 e. The molecule has 0 spiro atoms. The van der Waals surface area contributed by atoms with Gasteiger partial charge in [-0.2, -0.15) is 0 Å². The van der Waals surface area contributed by atoms with Crippen LogP contribution in [0.4, 0.5) is 0 Å². The molecule has 0 saturated carbocycles. The van der Waals surface area contributed by atoms with E-state index in [1.807, 2.05) is 13.0 Å². The molecule has 4 heteroatoms. The number of likely N-dealkylation sites (N-methyl/N-ethyl adjacent to an activating group) is 1. The summed E-state index contributed by atoms with van der Waals surface area (Å²) in [4.78, 5) is 6.93. The molecule has 0 radical (unpaired) electrons. The predicted molar refractivity (Wildman–Crippen MR) is 76.9 cm³/mol. The minimum Gasteiger partial charge on any atom is -0.378 e. The highest BCUT2D eigenvalue weighted by atomic mass is 16.5. The molecule has 1 aromatic heterocycles. The maximum atomic E-state index is 6.07. The summed E-state index contributed by atoms with van der Waals surface area (Å²) in [5.74, 6) is 0. The highest BCUT2D eigenvalue weighted by molar-refractivity contribution is 5.10. The molecule has 106 valence electrons. The molecule has 19 heavy (non-hydrogen) atoms. The quantitative estimate of drug-likeness (QED) is 0.898. The molecule has 1 saturated heterocycles. The van der Waals surface area contributed by atoms with Crippen LogP contribution in [0.15, 0.2) is 18.2 Å². The van der Waals surface area contributed by atoms with Crippen LogP contribution in [0, 0.1) is 6.92 Å². The average molecular weight is 263 g/mol. The van der Waals surface area contributed by atoms with E-state index >= 15 is 0 Å². The fourth-order valence-electron chi connectivity index (χ4n) is 2.93. The van der Waals surface area contributed by atoms with E-state index in [0.717, 1.165) is 37.4 Å². The molecule has 0 aromatic carbocycles. The van der Waals surface area contributed by atoms with Crippen LogP contribution >= 0.6 is 0 Å². The lowest BCUT2D eigenvalue weighted by Crippen LogP contribution is -2.56. The third-order valence-electron chi connectivity index (χ3n) is 4.17. The summed E-state index contributed by atoms with van der Waals surface area (Å²) in [5, 5.41) is 0. The number of nitrogens with zero attached hydrogens (tertiary/aromatic N) is 2. The van der Waals surface area contributed by atoms with Gasteiger partial charge in [0.15, 0.2) is 0 Å². The zero-order chi connectivity index (χ0) is 13.9. The summed E-state index contributed by atoms with van der Waals surface area (Å²) in [6, 6.07) is 6.17. The van der Waals surface area contributed by atoms with Crippen molar-refractivity contribution in [1.82, 2.24) is 9.88 Å². The first-order valence-corrected chi connectivity index (χ1v) is 7.01. The van der Waals surface area contributed by atoms with Crippen LogP contribution in [0.2, 0.25) is 0 Å². The molecule has 1 fully saturated rings. The van der Waals surface area contributed by atoms with Crippen molar-refractivity contribution in [3.05, 3.63) is 29.6 Å². The van der Waals surface area contributed by atoms with Gasteiger partial charge in [-0.15, -0.1) is 0 Å². The molecule has 2 atom stereocenters. The number of pyridine rings is 1. The summed E-state index contributed by atoms with van der Waals surface area (Å²) in [5.41, 5.74) is 8.28. The van der Waals surface area contributed by atoms with Crippen LogP contribution in [-0.2, 0) is 11.3 Å². The molecule has 2 rings (SSSR count). The van der Waals surface area contributed by atoms with Crippen LogP contribution in [0.3, 0.4) is 0 Å². The SMILES string of the molecule is Cc1cccc(CN(C)C2(CN)CCOC(C)C2)n1. The molecule has 2 N–H and O–H groups in total. The van der Waals surface area contributed by atoms with Gasteiger partial charge in [-0.25, -0.2) is 0 Å². The summed E-state index contributed by atoms with van der Waals surface area (Å²) in [7, 11) is 2.15. The molecular formula is C15H25N3O. The topological polar surface area (TPSA) is 51.4 Å². The minimum absolute atomic E-state index is 0.0447. The summed E-state index contributed by atoms with van der Waals surface area (Å²) in [6.07, 6.45) is 2.27. The van der Waals surface area contributed by atoms with Gasteiger partial charge in [0.2, 0.25) is 0 Å². The number of nitrogens with two attached hydrogens (primary N) is 1. The van der Waals surface area contributed by atoms with Crippen LogP contribution in [0.25, 0.3) is 0 Å². The summed E-state index contributed by atoms with van der Waals surface area (Å²) >= 11 is 0. The number of ether oxygens (including phenoxy) is 1. The van der Waals surface area contributed by atoms with Gasteiger partial charge in [-0.05, 0) is 45.9 Å². The minimum atomic E-state index is 0.0447. The number of rotatable bonds is 4. The Balaban J connectivity index is 2.10. The standard InChI is InChI=1S/C15H25N3O/c1-12-5-4-6-14(17-12)10-18(3)15(11-16)7-8-19-13(2)9-15/h4-6,13H,7-11,16H2,1-3H3. The van der Waals surface area contributed by atoms with Gasteiger partial charge in [0.1, 0.15) is 0 Å².